The van der Waals surface area contributed by atoms with Crippen LogP contribution >= 0.6 is 11.6 Å². The van der Waals surface area contributed by atoms with Crippen LogP contribution in [0, 0.1) is 6.92 Å². The number of nitrogens with one attached hydrogen (secondary N) is 1. The molecule has 0 radical (unpaired) electrons. The third kappa shape index (κ3) is 6.69. The first-order valence-electron chi connectivity index (χ1n) is 9.02. The highest BCUT2D eigenvalue weighted by molar-refractivity contribution is 6.30. The number of ether oxygens (including phenoxy) is 1. The lowest BCUT2D eigenvalue weighted by atomic mass is 10.1. The fraction of sp³-hybridized carbons (Fsp3) is 0.429. The van der Waals surface area contributed by atoms with Crippen LogP contribution in [0.2, 0.25) is 5.02 Å². The first kappa shape index (κ1) is 19.8. The van der Waals surface area contributed by atoms with Gasteiger partial charge in [-0.05, 0) is 43.8 Å². The quantitative estimate of drug-likeness (QED) is 0.624. The summed E-state index contributed by atoms with van der Waals surface area (Å²) >= 11 is 6.17. The maximum atomic E-state index is 6.17. The van der Waals surface area contributed by atoms with Crippen LogP contribution < -0.4 is 10.1 Å². The molecule has 2 rings (SSSR count). The van der Waals surface area contributed by atoms with Crippen molar-refractivity contribution in [2.45, 2.75) is 33.9 Å². The van der Waals surface area contributed by atoms with Crippen LogP contribution in [0.15, 0.2) is 42.5 Å². The number of rotatable bonds is 10. The van der Waals surface area contributed by atoms with Crippen molar-refractivity contribution < 1.29 is 4.74 Å². The van der Waals surface area contributed by atoms with E-state index in [0.717, 1.165) is 49.1 Å². The van der Waals surface area contributed by atoms with Crippen LogP contribution in [-0.2, 0) is 13.2 Å². The molecular weight excluding hydrogens is 332 g/mol. The van der Waals surface area contributed by atoms with Gasteiger partial charge < -0.3 is 15.0 Å². The number of hydrogen-bond acceptors (Lipinski definition) is 3. The molecule has 1 N–H and O–H groups in total. The Hall–Kier alpha value is -1.55. The second-order valence-electron chi connectivity index (χ2n) is 6.23. The standard InChI is InChI=1S/C21H29ClN2O/c1-4-24(5-2)13-12-23-15-19-14-20(22)10-11-21(19)25-16-18-8-6-17(3)7-9-18/h6-11,14,23H,4-5,12-13,15-16H2,1-3H3. The molecule has 0 saturated carbocycles. The van der Waals surface area contributed by atoms with Crippen molar-refractivity contribution in [1.82, 2.24) is 10.2 Å². The molecule has 3 nitrogen and oxygen atoms in total. The summed E-state index contributed by atoms with van der Waals surface area (Å²) < 4.78 is 6.03. The number of nitrogens with zero attached hydrogens (tertiary/aromatic N) is 1. The topological polar surface area (TPSA) is 24.5 Å². The van der Waals surface area contributed by atoms with Gasteiger partial charge in [-0.25, -0.2) is 0 Å². The van der Waals surface area contributed by atoms with E-state index in [9.17, 15) is 0 Å². The van der Waals surface area contributed by atoms with Crippen LogP contribution in [0.25, 0.3) is 0 Å². The Bertz CT molecular complexity index is 639. The van der Waals surface area contributed by atoms with Crippen LogP contribution in [0.1, 0.15) is 30.5 Å². The molecule has 0 aliphatic heterocycles. The molecule has 0 fully saturated rings. The van der Waals surface area contributed by atoms with E-state index in [-0.39, 0.29) is 0 Å². The monoisotopic (exact) mass is 360 g/mol. The Balaban J connectivity index is 1.91. The normalized spacial score (nSPS) is 11.1. The molecule has 0 heterocycles. The molecule has 0 aliphatic carbocycles. The summed E-state index contributed by atoms with van der Waals surface area (Å²) in [6.45, 7) is 12.0. The highest BCUT2D eigenvalue weighted by Crippen LogP contribution is 2.24. The molecule has 0 atom stereocenters. The SMILES string of the molecule is CCN(CC)CCNCc1cc(Cl)ccc1OCc1ccc(C)cc1. The molecule has 0 spiro atoms. The Morgan fingerprint density at radius 1 is 1.04 bits per heavy atom. The number of halogens is 1. The van der Waals surface area contributed by atoms with E-state index in [0.29, 0.717) is 6.61 Å². The number of hydrogen-bond donors (Lipinski definition) is 1. The summed E-state index contributed by atoms with van der Waals surface area (Å²) in [7, 11) is 0. The van der Waals surface area contributed by atoms with Crippen molar-refractivity contribution in [2.24, 2.45) is 0 Å². The molecule has 2 aromatic carbocycles. The second-order valence-corrected chi connectivity index (χ2v) is 6.67. The summed E-state index contributed by atoms with van der Waals surface area (Å²) in [4.78, 5) is 2.40. The Labute approximate surface area is 156 Å². The minimum absolute atomic E-state index is 0.564. The zero-order valence-electron chi connectivity index (χ0n) is 15.5. The van der Waals surface area contributed by atoms with E-state index in [2.05, 4.69) is 55.3 Å². The lowest BCUT2D eigenvalue weighted by molar-refractivity contribution is 0.296. The second kappa shape index (κ2) is 10.4. The largest absolute Gasteiger partial charge is 0.489 e. The van der Waals surface area contributed by atoms with Gasteiger partial charge in [-0.1, -0.05) is 55.3 Å². The van der Waals surface area contributed by atoms with Gasteiger partial charge in [0.1, 0.15) is 12.4 Å². The van der Waals surface area contributed by atoms with Crippen molar-refractivity contribution in [3.05, 3.63) is 64.2 Å². The molecule has 0 aliphatic rings. The van der Waals surface area contributed by atoms with Gasteiger partial charge in [0, 0.05) is 30.2 Å². The van der Waals surface area contributed by atoms with E-state index in [4.69, 9.17) is 16.3 Å². The van der Waals surface area contributed by atoms with Gasteiger partial charge >= 0.3 is 0 Å². The van der Waals surface area contributed by atoms with Crippen LogP contribution in [0.5, 0.6) is 5.75 Å². The highest BCUT2D eigenvalue weighted by atomic mass is 35.5. The first-order valence-corrected chi connectivity index (χ1v) is 9.40. The summed E-state index contributed by atoms with van der Waals surface area (Å²) in [5.74, 6) is 0.889. The van der Waals surface area contributed by atoms with Crippen LogP contribution in [-0.4, -0.2) is 31.1 Å². The van der Waals surface area contributed by atoms with Gasteiger partial charge in [0.2, 0.25) is 0 Å². The zero-order chi connectivity index (χ0) is 18.1. The van der Waals surface area contributed by atoms with Crippen molar-refractivity contribution in [3.8, 4) is 5.75 Å². The van der Waals surface area contributed by atoms with Crippen LogP contribution in [0.4, 0.5) is 0 Å². The number of likely N-dealkylation sites (N-methyl/N-ethyl adjacent to an activating group) is 1. The summed E-state index contributed by atoms with van der Waals surface area (Å²) in [6, 6.07) is 14.2. The van der Waals surface area contributed by atoms with Gasteiger partial charge in [0.05, 0.1) is 0 Å². The van der Waals surface area contributed by atoms with Crippen molar-refractivity contribution >= 4 is 11.6 Å². The maximum absolute atomic E-state index is 6.17. The highest BCUT2D eigenvalue weighted by Gasteiger charge is 2.06. The average Bonchev–Trinajstić information content (AvgIpc) is 2.62. The maximum Gasteiger partial charge on any atom is 0.124 e. The lowest BCUT2D eigenvalue weighted by Crippen LogP contribution is -2.31. The summed E-state index contributed by atoms with van der Waals surface area (Å²) in [5.41, 5.74) is 3.52. The third-order valence-electron chi connectivity index (χ3n) is 4.35. The fourth-order valence-corrected chi connectivity index (χ4v) is 2.87. The molecule has 4 heteroatoms. The van der Waals surface area contributed by atoms with E-state index in [1.54, 1.807) is 0 Å². The van der Waals surface area contributed by atoms with E-state index in [1.165, 1.54) is 11.1 Å². The molecule has 0 unspecified atom stereocenters. The number of benzene rings is 2. The van der Waals surface area contributed by atoms with Crippen LogP contribution in [0.3, 0.4) is 0 Å². The van der Waals surface area contributed by atoms with Crippen molar-refractivity contribution in [3.63, 3.8) is 0 Å². The van der Waals surface area contributed by atoms with Gasteiger partial charge in [0.15, 0.2) is 0 Å². The molecule has 0 bridgehead atoms. The lowest BCUT2D eigenvalue weighted by Gasteiger charge is -2.18. The van der Waals surface area contributed by atoms with Gasteiger partial charge in [-0.2, -0.15) is 0 Å². The van der Waals surface area contributed by atoms with E-state index in [1.807, 2.05) is 18.2 Å². The fourth-order valence-electron chi connectivity index (χ4n) is 2.67. The Morgan fingerprint density at radius 2 is 1.76 bits per heavy atom. The molecule has 25 heavy (non-hydrogen) atoms. The summed E-state index contributed by atoms with van der Waals surface area (Å²) in [6.07, 6.45) is 0. The molecule has 0 amide bonds. The first-order chi connectivity index (χ1) is 12.1. The number of aryl methyl sites for hydroxylation is 1. The molecule has 0 aromatic heterocycles. The van der Waals surface area contributed by atoms with Gasteiger partial charge in [-0.15, -0.1) is 0 Å². The molecular formula is C21H29ClN2O. The predicted molar refractivity (Wildman–Crippen MR) is 106 cm³/mol. The van der Waals surface area contributed by atoms with Gasteiger partial charge in [-0.3, -0.25) is 0 Å². The zero-order valence-corrected chi connectivity index (χ0v) is 16.3. The van der Waals surface area contributed by atoms with Crippen molar-refractivity contribution in [1.29, 1.82) is 0 Å². The summed E-state index contributed by atoms with van der Waals surface area (Å²) in [5, 5.41) is 4.23. The minimum atomic E-state index is 0.564. The average molecular weight is 361 g/mol. The smallest absolute Gasteiger partial charge is 0.124 e. The Morgan fingerprint density at radius 3 is 2.44 bits per heavy atom. The Kier molecular flexibility index (Phi) is 8.26. The minimum Gasteiger partial charge on any atom is -0.489 e. The molecule has 0 saturated heterocycles. The van der Waals surface area contributed by atoms with E-state index < -0.39 is 0 Å². The third-order valence-corrected chi connectivity index (χ3v) is 4.59. The molecule has 2 aromatic rings. The van der Waals surface area contributed by atoms with Gasteiger partial charge in [0.25, 0.3) is 0 Å². The van der Waals surface area contributed by atoms with Crippen molar-refractivity contribution in [2.75, 3.05) is 26.2 Å². The molecule has 136 valence electrons. The van der Waals surface area contributed by atoms with E-state index >= 15 is 0 Å². The predicted octanol–water partition coefficient (Wildman–Crippen LogP) is 4.66.